The zero-order valence-electron chi connectivity index (χ0n) is 21.9. The maximum absolute atomic E-state index is 15.6. The smallest absolute Gasteiger partial charge is 0.251 e. The van der Waals surface area contributed by atoms with Crippen molar-refractivity contribution in [2.45, 2.75) is 70.0 Å². The number of halogens is 1. The minimum atomic E-state index is -1.13. The van der Waals surface area contributed by atoms with Gasteiger partial charge >= 0.3 is 0 Å². The van der Waals surface area contributed by atoms with Crippen LogP contribution < -0.4 is 10.1 Å². The molecule has 0 bridgehead atoms. The number of ether oxygens (including phenoxy) is 2. The molecule has 3 heterocycles. The highest BCUT2D eigenvalue weighted by molar-refractivity contribution is 7.10. The fourth-order valence-corrected chi connectivity index (χ4v) is 6.19. The summed E-state index contributed by atoms with van der Waals surface area (Å²) in [7, 11) is 1.98. The van der Waals surface area contributed by atoms with Crippen molar-refractivity contribution in [3.05, 3.63) is 52.2 Å². The molecule has 2 aliphatic heterocycles. The van der Waals surface area contributed by atoms with Crippen LogP contribution in [0.2, 0.25) is 0 Å². The van der Waals surface area contributed by atoms with Gasteiger partial charge in [0, 0.05) is 43.0 Å². The number of benzene rings is 1. The molecule has 0 saturated carbocycles. The Bertz CT molecular complexity index is 988. The molecule has 1 aromatic carbocycles. The van der Waals surface area contributed by atoms with E-state index >= 15 is 4.39 Å². The predicted octanol–water partition coefficient (Wildman–Crippen LogP) is 4.46. The molecule has 1 spiro atoms. The average Bonchev–Trinajstić information content (AvgIpc) is 3.40. The SMILES string of the molecule is CN[C@H](CCOc1ccccc1CCN1CC[C@@]2(CN(C(C)C)C(=O)[C@@H](C)O2)[C@@H](F)C1)c1cccs1. The van der Waals surface area contributed by atoms with Crippen LogP contribution in [0.1, 0.15) is 50.1 Å². The number of hydrogen-bond donors (Lipinski definition) is 1. The van der Waals surface area contributed by atoms with E-state index in [1.54, 1.807) is 23.2 Å². The summed E-state index contributed by atoms with van der Waals surface area (Å²) in [4.78, 5) is 17.8. The van der Waals surface area contributed by atoms with Gasteiger partial charge in [-0.05, 0) is 63.7 Å². The lowest BCUT2D eigenvalue weighted by atomic mass is 9.86. The van der Waals surface area contributed by atoms with Crippen LogP contribution in [0, 0.1) is 0 Å². The Labute approximate surface area is 218 Å². The predicted molar refractivity (Wildman–Crippen MR) is 142 cm³/mol. The number of rotatable bonds is 10. The van der Waals surface area contributed by atoms with Gasteiger partial charge in [0.25, 0.3) is 5.91 Å². The summed E-state index contributed by atoms with van der Waals surface area (Å²) in [5.74, 6) is 0.859. The lowest BCUT2D eigenvalue weighted by Crippen LogP contribution is -2.67. The number of amides is 1. The topological polar surface area (TPSA) is 54.0 Å². The molecule has 0 radical (unpaired) electrons. The summed E-state index contributed by atoms with van der Waals surface area (Å²) >= 11 is 1.76. The first-order valence-electron chi connectivity index (χ1n) is 13.1. The maximum atomic E-state index is 15.6. The van der Waals surface area contributed by atoms with Crippen LogP contribution in [0.15, 0.2) is 41.8 Å². The van der Waals surface area contributed by atoms with Gasteiger partial charge in [-0.2, -0.15) is 0 Å². The number of likely N-dealkylation sites (tertiary alicyclic amines) is 1. The van der Waals surface area contributed by atoms with Gasteiger partial charge in [0.15, 0.2) is 0 Å². The number of carbonyl (C=O) groups excluding carboxylic acids is 1. The third kappa shape index (κ3) is 6.10. The lowest BCUT2D eigenvalue weighted by molar-refractivity contribution is -0.209. The van der Waals surface area contributed by atoms with Gasteiger partial charge in [-0.1, -0.05) is 24.3 Å². The number of para-hydroxylation sites is 1. The molecule has 2 saturated heterocycles. The Balaban J connectivity index is 1.30. The summed E-state index contributed by atoms with van der Waals surface area (Å²) < 4.78 is 27.8. The van der Waals surface area contributed by atoms with Crippen molar-refractivity contribution in [1.29, 1.82) is 0 Å². The highest BCUT2D eigenvalue weighted by Crippen LogP contribution is 2.36. The quantitative estimate of drug-likeness (QED) is 0.504. The standard InChI is InChI=1S/C28H40FN3O3S/c1-20(2)32-19-28(35-21(3)27(32)33)13-15-31(18-26(28)29)14-11-22-8-5-6-9-24(22)34-16-12-23(30-4)25-10-7-17-36-25/h5-10,17,20-21,23,26,30H,11-16,18-19H2,1-4H3/t21-,23-,26+,28-/m1/s1. The van der Waals surface area contributed by atoms with E-state index in [0.29, 0.717) is 26.1 Å². The van der Waals surface area contributed by atoms with Crippen LogP contribution in [0.3, 0.4) is 0 Å². The van der Waals surface area contributed by atoms with Crippen molar-refractivity contribution in [1.82, 2.24) is 15.1 Å². The second-order valence-electron chi connectivity index (χ2n) is 10.3. The number of nitrogens with one attached hydrogen (secondary N) is 1. The van der Waals surface area contributed by atoms with Gasteiger partial charge < -0.3 is 19.7 Å². The van der Waals surface area contributed by atoms with E-state index in [2.05, 4.69) is 33.8 Å². The highest BCUT2D eigenvalue weighted by Gasteiger charge is 2.52. The van der Waals surface area contributed by atoms with Crippen molar-refractivity contribution in [2.75, 3.05) is 39.8 Å². The Kier molecular flexibility index (Phi) is 9.04. The van der Waals surface area contributed by atoms with E-state index in [0.717, 1.165) is 37.2 Å². The third-order valence-electron chi connectivity index (χ3n) is 7.51. The molecular formula is C28H40FN3O3S. The maximum Gasteiger partial charge on any atom is 0.251 e. The number of morpholine rings is 1. The normalized spacial score (nSPS) is 26.1. The van der Waals surface area contributed by atoms with Crippen molar-refractivity contribution < 1.29 is 18.7 Å². The summed E-state index contributed by atoms with van der Waals surface area (Å²) in [6.07, 6.45) is 0.533. The summed E-state index contributed by atoms with van der Waals surface area (Å²) in [5.41, 5.74) is 0.242. The molecule has 0 unspecified atom stereocenters. The van der Waals surface area contributed by atoms with Gasteiger partial charge in [-0.25, -0.2) is 4.39 Å². The average molecular weight is 518 g/mol. The van der Waals surface area contributed by atoms with E-state index in [1.165, 1.54) is 4.88 Å². The van der Waals surface area contributed by atoms with Crippen LogP contribution in [0.5, 0.6) is 5.75 Å². The summed E-state index contributed by atoms with van der Waals surface area (Å²) in [6.45, 7) is 8.49. The fourth-order valence-electron chi connectivity index (χ4n) is 5.31. The number of hydrogen-bond acceptors (Lipinski definition) is 6. The van der Waals surface area contributed by atoms with E-state index in [9.17, 15) is 4.79 Å². The third-order valence-corrected chi connectivity index (χ3v) is 8.50. The number of alkyl halides is 1. The molecule has 2 aromatic rings. The van der Waals surface area contributed by atoms with E-state index in [4.69, 9.17) is 9.47 Å². The minimum absolute atomic E-state index is 0.0381. The molecule has 4 rings (SSSR count). The van der Waals surface area contributed by atoms with Gasteiger partial charge in [0.05, 0.1) is 13.2 Å². The molecule has 2 fully saturated rings. The molecule has 1 amide bonds. The zero-order chi connectivity index (χ0) is 25.7. The molecule has 4 atom stereocenters. The lowest BCUT2D eigenvalue weighted by Gasteiger charge is -2.51. The number of carbonyl (C=O) groups is 1. The molecule has 2 aliphatic rings. The molecular weight excluding hydrogens is 477 g/mol. The largest absolute Gasteiger partial charge is 0.493 e. The van der Waals surface area contributed by atoms with E-state index < -0.39 is 17.9 Å². The number of piperidine rings is 1. The van der Waals surface area contributed by atoms with Crippen LogP contribution >= 0.6 is 11.3 Å². The number of thiophene rings is 1. The minimum Gasteiger partial charge on any atom is -0.493 e. The molecule has 1 N–H and O–H groups in total. The first kappa shape index (κ1) is 27.0. The monoisotopic (exact) mass is 517 g/mol. The van der Waals surface area contributed by atoms with Crippen molar-refractivity contribution in [3.8, 4) is 5.75 Å². The van der Waals surface area contributed by atoms with Gasteiger partial charge in [-0.3, -0.25) is 9.69 Å². The van der Waals surface area contributed by atoms with Crippen LogP contribution in [-0.4, -0.2) is 79.5 Å². The zero-order valence-corrected chi connectivity index (χ0v) is 22.7. The first-order valence-corrected chi connectivity index (χ1v) is 14.0. The number of nitrogens with zero attached hydrogens (tertiary/aromatic N) is 2. The van der Waals surface area contributed by atoms with Crippen LogP contribution in [0.25, 0.3) is 0 Å². The Morgan fingerprint density at radius 3 is 2.78 bits per heavy atom. The van der Waals surface area contributed by atoms with Crippen LogP contribution in [0.4, 0.5) is 4.39 Å². The molecule has 1 aromatic heterocycles. The van der Waals surface area contributed by atoms with Crippen molar-refractivity contribution in [3.63, 3.8) is 0 Å². The molecule has 36 heavy (non-hydrogen) atoms. The molecule has 198 valence electrons. The van der Waals surface area contributed by atoms with E-state index in [1.807, 2.05) is 39.1 Å². The van der Waals surface area contributed by atoms with Gasteiger partial charge in [0.2, 0.25) is 0 Å². The fraction of sp³-hybridized carbons (Fsp3) is 0.607. The van der Waals surface area contributed by atoms with E-state index in [-0.39, 0.29) is 18.0 Å². The molecule has 0 aliphatic carbocycles. The van der Waals surface area contributed by atoms with Crippen molar-refractivity contribution in [2.24, 2.45) is 0 Å². The Hall–Kier alpha value is -2.00. The highest BCUT2D eigenvalue weighted by atomic mass is 32.1. The summed E-state index contributed by atoms with van der Waals surface area (Å²) in [6, 6.07) is 12.7. The molecule has 6 nitrogen and oxygen atoms in total. The molecule has 8 heteroatoms. The van der Waals surface area contributed by atoms with Gasteiger partial charge in [0.1, 0.15) is 23.6 Å². The van der Waals surface area contributed by atoms with Gasteiger partial charge in [-0.15, -0.1) is 11.3 Å². The summed E-state index contributed by atoms with van der Waals surface area (Å²) in [5, 5.41) is 5.47. The first-order chi connectivity index (χ1) is 17.3. The van der Waals surface area contributed by atoms with Crippen molar-refractivity contribution >= 4 is 17.2 Å². The Morgan fingerprint density at radius 2 is 2.08 bits per heavy atom. The second kappa shape index (κ2) is 12.0. The second-order valence-corrected chi connectivity index (χ2v) is 11.2. The Morgan fingerprint density at radius 1 is 1.28 bits per heavy atom. The van der Waals surface area contributed by atoms with Crippen LogP contribution in [-0.2, 0) is 16.0 Å².